The first kappa shape index (κ1) is 60.7. The minimum Gasteiger partial charge on any atom is -0.491 e. The molecule has 72 heavy (non-hydrogen) atoms. The molecule has 398 valence electrons. The van der Waals surface area contributed by atoms with Crippen molar-refractivity contribution in [3.63, 3.8) is 0 Å². The maximum Gasteiger partial charge on any atom is 0.326 e. The number of amides is 4. The Morgan fingerprint density at radius 3 is 1.90 bits per heavy atom. The number of nitrogens with zero attached hydrogens (tertiary/aromatic N) is 3. The summed E-state index contributed by atoms with van der Waals surface area (Å²) in [5, 5.41) is 60.4. The van der Waals surface area contributed by atoms with Crippen LogP contribution >= 0.6 is 0 Å². The highest BCUT2D eigenvalue weighted by molar-refractivity contribution is 6.00. The largest absolute Gasteiger partial charge is 0.491 e. The van der Waals surface area contributed by atoms with Gasteiger partial charge in [0.1, 0.15) is 30.5 Å². The SMILES string of the molecule is CCC(C)C(NC(=O)CNC(=O)c1cc(-c2ccccc2)ccc1OC[C@@H](CN(CCN(CC(=O)O)CC(=O)O)CC(=O)O)NCC(=O)O)C(=O)NC(CCCN=C(N)N)C(=O)NC(CCCCN)C(=O)O. The van der Waals surface area contributed by atoms with Crippen molar-refractivity contribution >= 4 is 59.4 Å². The molecule has 0 aliphatic carbocycles. The second-order valence-electron chi connectivity index (χ2n) is 16.8. The summed E-state index contributed by atoms with van der Waals surface area (Å²) in [4.78, 5) is 119. The number of carboxylic acids is 5. The van der Waals surface area contributed by atoms with Gasteiger partial charge in [0.05, 0.1) is 44.3 Å². The third kappa shape index (κ3) is 23.9. The molecule has 4 unspecified atom stereocenters. The van der Waals surface area contributed by atoms with E-state index in [1.165, 1.54) is 17.0 Å². The van der Waals surface area contributed by atoms with Crippen molar-refractivity contribution in [1.82, 2.24) is 36.4 Å². The summed E-state index contributed by atoms with van der Waals surface area (Å²) in [6, 6.07) is 8.82. The minimum absolute atomic E-state index is 0.00787. The highest BCUT2D eigenvalue weighted by Crippen LogP contribution is 2.27. The van der Waals surface area contributed by atoms with E-state index < -0.39 is 116 Å². The summed E-state index contributed by atoms with van der Waals surface area (Å²) < 4.78 is 6.09. The van der Waals surface area contributed by atoms with Crippen LogP contribution in [0.25, 0.3) is 11.1 Å². The Hall–Kier alpha value is -7.42. The summed E-state index contributed by atoms with van der Waals surface area (Å²) >= 11 is 0. The van der Waals surface area contributed by atoms with Crippen molar-refractivity contribution < 1.29 is 73.4 Å². The van der Waals surface area contributed by atoms with Gasteiger partial charge >= 0.3 is 29.8 Å². The highest BCUT2D eigenvalue weighted by atomic mass is 16.5. The lowest BCUT2D eigenvalue weighted by atomic mass is 9.97. The molecule has 0 fully saturated rings. The van der Waals surface area contributed by atoms with Crippen LogP contribution in [0.5, 0.6) is 5.75 Å². The fraction of sp³-hybridized carbons (Fsp3) is 0.522. The summed E-state index contributed by atoms with van der Waals surface area (Å²) in [7, 11) is 0. The van der Waals surface area contributed by atoms with E-state index in [0.717, 1.165) is 4.90 Å². The number of hydrogen-bond donors (Lipinski definition) is 13. The van der Waals surface area contributed by atoms with Crippen molar-refractivity contribution in [2.75, 3.05) is 72.1 Å². The van der Waals surface area contributed by atoms with Crippen LogP contribution in [-0.4, -0.2) is 191 Å². The first-order chi connectivity index (χ1) is 34.1. The predicted octanol–water partition coefficient (Wildman–Crippen LogP) is -1.87. The predicted molar refractivity (Wildman–Crippen MR) is 261 cm³/mol. The van der Waals surface area contributed by atoms with Crippen LogP contribution in [0.1, 0.15) is 62.7 Å². The molecule has 0 aliphatic heterocycles. The normalized spacial score (nSPS) is 13.1. The second-order valence-corrected chi connectivity index (χ2v) is 16.8. The molecule has 26 heteroatoms. The Kier molecular flexibility index (Phi) is 27.4. The Bertz CT molecular complexity index is 2140. The zero-order valence-electron chi connectivity index (χ0n) is 40.4. The fourth-order valence-electron chi connectivity index (χ4n) is 7.10. The third-order valence-electron chi connectivity index (χ3n) is 11.0. The van der Waals surface area contributed by atoms with E-state index in [2.05, 4.69) is 31.6 Å². The molecule has 0 heterocycles. The number of ether oxygens (including phenoxy) is 1. The van der Waals surface area contributed by atoms with E-state index in [0.29, 0.717) is 36.9 Å². The first-order valence-corrected chi connectivity index (χ1v) is 23.2. The maximum absolute atomic E-state index is 14.0. The van der Waals surface area contributed by atoms with Crippen LogP contribution in [0.4, 0.5) is 0 Å². The minimum atomic E-state index is -1.31. The molecule has 16 N–H and O–H groups in total. The number of guanidine groups is 1. The molecule has 0 spiro atoms. The monoisotopic (exact) mass is 1020 g/mol. The van der Waals surface area contributed by atoms with Gasteiger partial charge in [-0.05, 0) is 67.8 Å². The van der Waals surface area contributed by atoms with Crippen molar-refractivity contribution in [1.29, 1.82) is 0 Å². The molecule has 4 amide bonds. The number of carboxylic acid groups (broad SMARTS) is 5. The van der Waals surface area contributed by atoms with Crippen LogP contribution < -0.4 is 48.5 Å². The smallest absolute Gasteiger partial charge is 0.326 e. The number of rotatable bonds is 37. The van der Waals surface area contributed by atoms with Crippen molar-refractivity contribution in [2.45, 2.75) is 76.5 Å². The lowest BCUT2D eigenvalue weighted by Crippen LogP contribution is -2.57. The van der Waals surface area contributed by atoms with Gasteiger partial charge in [0.2, 0.25) is 17.7 Å². The molecule has 0 saturated heterocycles. The number of carbonyl (C=O) groups excluding carboxylic acids is 4. The Balaban J connectivity index is 2.38. The van der Waals surface area contributed by atoms with Gasteiger partial charge in [0.25, 0.3) is 5.91 Å². The maximum atomic E-state index is 14.0. The first-order valence-electron chi connectivity index (χ1n) is 23.2. The Labute approximate surface area is 416 Å². The van der Waals surface area contributed by atoms with Gasteiger partial charge in [-0.3, -0.25) is 58.5 Å². The van der Waals surface area contributed by atoms with E-state index in [-0.39, 0.29) is 69.3 Å². The van der Waals surface area contributed by atoms with Crippen molar-refractivity contribution in [2.24, 2.45) is 28.1 Å². The van der Waals surface area contributed by atoms with E-state index in [1.54, 1.807) is 50.2 Å². The Morgan fingerprint density at radius 2 is 1.32 bits per heavy atom. The van der Waals surface area contributed by atoms with Crippen LogP contribution in [0, 0.1) is 5.92 Å². The van der Waals surface area contributed by atoms with Gasteiger partial charge < -0.3 is 68.7 Å². The molecule has 5 atom stereocenters. The average Bonchev–Trinajstić information content (AvgIpc) is 3.32. The summed E-state index contributed by atoms with van der Waals surface area (Å²) in [6.45, 7) is -0.141. The van der Waals surface area contributed by atoms with E-state index in [1.807, 2.05) is 0 Å². The zero-order chi connectivity index (χ0) is 53.8. The van der Waals surface area contributed by atoms with Gasteiger partial charge in [-0.2, -0.15) is 0 Å². The van der Waals surface area contributed by atoms with Gasteiger partial charge in [0, 0.05) is 26.2 Å². The molecular formula is C46H69N11O15. The molecule has 2 aromatic carbocycles. The third-order valence-corrected chi connectivity index (χ3v) is 11.0. The summed E-state index contributed by atoms with van der Waals surface area (Å²) in [6.07, 6.45) is 1.61. The van der Waals surface area contributed by atoms with E-state index in [9.17, 15) is 68.7 Å². The van der Waals surface area contributed by atoms with Gasteiger partial charge in [-0.1, -0.05) is 56.7 Å². The zero-order valence-corrected chi connectivity index (χ0v) is 40.4. The molecule has 0 aliphatic rings. The van der Waals surface area contributed by atoms with Gasteiger partial charge in [0.15, 0.2) is 5.96 Å². The topological polar surface area (TPSA) is 421 Å². The van der Waals surface area contributed by atoms with Crippen LogP contribution in [0.3, 0.4) is 0 Å². The standard InChI is InChI=1S/C46H69N11O15/c1-3-28(2)41(44(69)53-33(13-9-17-50-46(48)49)43(68)54-34(45(70)71)12-7-8-16-47)55-36(58)21-52-42(67)32-20-30(29-10-5-4-6-11-29)14-15-35(32)72-27-31(51-22-37(59)60)23-56(24-38(61)62)18-19-57(25-39(63)64)26-40(65)66/h4-6,10-11,14-15,20,28,31,33-34,41,51H,3,7-9,12-13,16-19,21-27,47H2,1-2H3,(H,52,67)(H,53,69)(H,54,68)(H,55,58)(H,59,60)(H,61,62)(H,63,64)(H,65,66)(H,70,71)(H4,48,49,50)/t28?,31-,33?,34?,41?/m1/s1. The molecule has 2 aromatic rings. The average molecular weight is 1020 g/mol. The highest BCUT2D eigenvalue weighted by Gasteiger charge is 2.32. The molecule has 0 saturated carbocycles. The number of benzene rings is 2. The van der Waals surface area contributed by atoms with Crippen molar-refractivity contribution in [3.05, 3.63) is 54.1 Å². The lowest BCUT2D eigenvalue weighted by molar-refractivity contribution is -0.143. The number of aliphatic imine (C=N–C) groups is 1. The molecule has 26 nitrogen and oxygen atoms in total. The fourth-order valence-corrected chi connectivity index (χ4v) is 7.10. The second kappa shape index (κ2) is 32.5. The lowest BCUT2D eigenvalue weighted by Gasteiger charge is -2.29. The Morgan fingerprint density at radius 1 is 0.708 bits per heavy atom. The number of nitrogens with two attached hydrogens (primary N) is 3. The number of carbonyl (C=O) groups is 9. The quantitative estimate of drug-likeness (QED) is 0.0200. The molecule has 0 bridgehead atoms. The molecule has 0 radical (unpaired) electrons. The van der Waals surface area contributed by atoms with Crippen LogP contribution in [0.2, 0.25) is 0 Å². The van der Waals surface area contributed by atoms with Crippen LogP contribution in [-0.2, 0) is 38.4 Å². The number of nitrogens with one attached hydrogen (secondary N) is 5. The summed E-state index contributed by atoms with van der Waals surface area (Å²) in [5.74, 6) is -10.3. The number of aliphatic carboxylic acids is 5. The van der Waals surface area contributed by atoms with E-state index in [4.69, 9.17) is 21.9 Å². The molecule has 0 aromatic heterocycles. The molecule has 2 rings (SSSR count). The van der Waals surface area contributed by atoms with E-state index >= 15 is 0 Å². The summed E-state index contributed by atoms with van der Waals surface area (Å²) in [5.41, 5.74) is 17.6. The van der Waals surface area contributed by atoms with Gasteiger partial charge in [-0.25, -0.2) is 4.79 Å². The van der Waals surface area contributed by atoms with Crippen LogP contribution in [0.15, 0.2) is 53.5 Å². The number of unbranched alkanes of at least 4 members (excludes halogenated alkanes) is 1. The number of hydrogen-bond acceptors (Lipinski definition) is 15. The molecular weight excluding hydrogens is 947 g/mol. The van der Waals surface area contributed by atoms with Gasteiger partial charge in [-0.15, -0.1) is 0 Å². The van der Waals surface area contributed by atoms with Crippen molar-refractivity contribution in [3.8, 4) is 16.9 Å².